The molecule has 0 fully saturated rings. The fourth-order valence-corrected chi connectivity index (χ4v) is 2.09. The number of guanidine groups is 1. The number of ether oxygens (including phenoxy) is 1. The van der Waals surface area contributed by atoms with Crippen LogP contribution in [0.1, 0.15) is 52.7 Å². The van der Waals surface area contributed by atoms with E-state index in [9.17, 15) is 4.79 Å². The molecular formula is C19H35IN4O3. The van der Waals surface area contributed by atoms with Crippen LogP contribution >= 0.6 is 24.0 Å². The Kier molecular flexibility index (Phi) is 13.8. The molecule has 7 nitrogen and oxygen atoms in total. The second-order valence-corrected chi connectivity index (χ2v) is 7.05. The second-order valence-electron chi connectivity index (χ2n) is 7.05. The molecular weight excluding hydrogens is 459 g/mol. The molecule has 0 spiro atoms. The van der Waals surface area contributed by atoms with Crippen LogP contribution < -0.4 is 16.0 Å². The summed E-state index contributed by atoms with van der Waals surface area (Å²) in [5.74, 6) is 1.74. The molecule has 0 saturated carbocycles. The number of nitrogens with one attached hydrogen (secondary N) is 3. The number of nitrogens with zero attached hydrogens (tertiary/aromatic N) is 1. The first kappa shape index (κ1) is 25.6. The summed E-state index contributed by atoms with van der Waals surface area (Å²) in [7, 11) is 0. The molecule has 0 unspecified atom stereocenters. The highest BCUT2D eigenvalue weighted by atomic mass is 127. The molecule has 1 heterocycles. The van der Waals surface area contributed by atoms with Gasteiger partial charge in [0.25, 0.3) is 0 Å². The predicted octanol–water partition coefficient (Wildman–Crippen LogP) is 3.69. The van der Waals surface area contributed by atoms with Crippen LogP contribution in [0.4, 0.5) is 4.79 Å². The number of carbonyl (C=O) groups excluding carboxylic acids is 1. The molecule has 3 N–H and O–H groups in total. The standard InChI is InChI=1S/C19H34N4O3.HI/c1-5-6-11-20-17(22-14-10-16-9-7-15-25-16)21-12-8-13-23-18(24)26-19(2,3)4;/h7,9,15H,5-6,8,10-14H2,1-4H3,(H,23,24)(H2,20,21,22);1H. The Bertz CT molecular complexity index is 528. The van der Waals surface area contributed by atoms with Crippen LogP contribution in [0.3, 0.4) is 0 Å². The van der Waals surface area contributed by atoms with E-state index in [1.807, 2.05) is 32.9 Å². The van der Waals surface area contributed by atoms with Gasteiger partial charge in [-0.2, -0.15) is 0 Å². The molecule has 1 amide bonds. The van der Waals surface area contributed by atoms with Crippen molar-refractivity contribution in [1.82, 2.24) is 16.0 Å². The van der Waals surface area contributed by atoms with Crippen molar-refractivity contribution in [2.75, 3.05) is 26.2 Å². The van der Waals surface area contributed by atoms with Crippen LogP contribution in [0, 0.1) is 0 Å². The number of rotatable bonds is 10. The normalized spacial score (nSPS) is 11.5. The van der Waals surface area contributed by atoms with Crippen molar-refractivity contribution in [1.29, 1.82) is 0 Å². The first-order chi connectivity index (χ1) is 12.4. The Labute approximate surface area is 180 Å². The molecule has 0 saturated heterocycles. The summed E-state index contributed by atoms with van der Waals surface area (Å²) in [5.41, 5.74) is -0.476. The quantitative estimate of drug-likeness (QED) is 0.200. The minimum atomic E-state index is -0.476. The SMILES string of the molecule is CCCCNC(=NCCCNC(=O)OC(C)(C)C)NCCc1ccco1.I. The van der Waals surface area contributed by atoms with Gasteiger partial charge in [-0.1, -0.05) is 13.3 Å². The van der Waals surface area contributed by atoms with Crippen LogP contribution in [0.2, 0.25) is 0 Å². The van der Waals surface area contributed by atoms with E-state index in [4.69, 9.17) is 9.15 Å². The zero-order valence-corrected chi connectivity index (χ0v) is 19.3. The average Bonchev–Trinajstić information content (AvgIpc) is 3.06. The third-order valence-corrected chi connectivity index (χ3v) is 3.34. The molecule has 8 heteroatoms. The summed E-state index contributed by atoms with van der Waals surface area (Å²) in [5, 5.41) is 9.39. The molecule has 0 aliphatic carbocycles. The minimum Gasteiger partial charge on any atom is -0.469 e. The Morgan fingerprint density at radius 3 is 2.48 bits per heavy atom. The van der Waals surface area contributed by atoms with Gasteiger partial charge < -0.3 is 25.1 Å². The molecule has 0 aliphatic heterocycles. The van der Waals surface area contributed by atoms with Gasteiger partial charge in [0.1, 0.15) is 11.4 Å². The molecule has 1 aromatic heterocycles. The average molecular weight is 494 g/mol. The fraction of sp³-hybridized carbons (Fsp3) is 0.684. The number of alkyl carbamates (subject to hydrolysis) is 1. The lowest BCUT2D eigenvalue weighted by molar-refractivity contribution is 0.0527. The molecule has 0 aliphatic rings. The highest BCUT2D eigenvalue weighted by Crippen LogP contribution is 2.06. The van der Waals surface area contributed by atoms with E-state index in [2.05, 4.69) is 27.9 Å². The summed E-state index contributed by atoms with van der Waals surface area (Å²) < 4.78 is 10.5. The maximum atomic E-state index is 11.6. The molecule has 0 radical (unpaired) electrons. The van der Waals surface area contributed by atoms with E-state index >= 15 is 0 Å². The number of halogens is 1. The predicted molar refractivity (Wildman–Crippen MR) is 120 cm³/mol. The van der Waals surface area contributed by atoms with E-state index in [1.165, 1.54) is 0 Å². The van der Waals surface area contributed by atoms with Crippen LogP contribution in [0.15, 0.2) is 27.8 Å². The van der Waals surface area contributed by atoms with Crippen LogP contribution in [-0.4, -0.2) is 43.8 Å². The van der Waals surface area contributed by atoms with E-state index in [0.29, 0.717) is 13.1 Å². The van der Waals surface area contributed by atoms with Gasteiger partial charge in [-0.15, -0.1) is 24.0 Å². The zero-order chi connectivity index (χ0) is 19.3. The second kappa shape index (κ2) is 14.6. The maximum absolute atomic E-state index is 11.6. The summed E-state index contributed by atoms with van der Waals surface area (Å²) in [4.78, 5) is 16.1. The van der Waals surface area contributed by atoms with Crippen molar-refractivity contribution in [3.05, 3.63) is 24.2 Å². The highest BCUT2D eigenvalue weighted by molar-refractivity contribution is 14.0. The monoisotopic (exact) mass is 494 g/mol. The first-order valence-electron chi connectivity index (χ1n) is 9.42. The van der Waals surface area contributed by atoms with Gasteiger partial charge in [0.15, 0.2) is 5.96 Å². The number of aliphatic imine (C=N–C) groups is 1. The van der Waals surface area contributed by atoms with Crippen molar-refractivity contribution in [2.45, 2.75) is 59.0 Å². The Morgan fingerprint density at radius 1 is 1.15 bits per heavy atom. The number of carbonyl (C=O) groups is 1. The van der Waals surface area contributed by atoms with Crippen LogP contribution in [0.5, 0.6) is 0 Å². The fourth-order valence-electron chi connectivity index (χ4n) is 2.09. The van der Waals surface area contributed by atoms with Gasteiger partial charge in [0.05, 0.1) is 6.26 Å². The topological polar surface area (TPSA) is 87.9 Å². The highest BCUT2D eigenvalue weighted by Gasteiger charge is 2.15. The summed E-state index contributed by atoms with van der Waals surface area (Å²) >= 11 is 0. The molecule has 27 heavy (non-hydrogen) atoms. The van der Waals surface area contributed by atoms with Crippen molar-refractivity contribution in [2.24, 2.45) is 4.99 Å². The first-order valence-corrected chi connectivity index (χ1v) is 9.42. The third-order valence-electron chi connectivity index (χ3n) is 3.34. The van der Waals surface area contributed by atoms with Crippen LogP contribution in [-0.2, 0) is 11.2 Å². The van der Waals surface area contributed by atoms with Crippen molar-refractivity contribution < 1.29 is 13.9 Å². The van der Waals surface area contributed by atoms with E-state index in [0.717, 1.165) is 50.5 Å². The van der Waals surface area contributed by atoms with Gasteiger partial charge in [0, 0.05) is 32.6 Å². The lowest BCUT2D eigenvalue weighted by Gasteiger charge is -2.19. The number of amides is 1. The van der Waals surface area contributed by atoms with Crippen molar-refractivity contribution >= 4 is 36.0 Å². The Balaban J connectivity index is 0.00000676. The van der Waals surface area contributed by atoms with Crippen molar-refractivity contribution in [3.63, 3.8) is 0 Å². The minimum absolute atomic E-state index is 0. The molecule has 0 aromatic carbocycles. The van der Waals surface area contributed by atoms with E-state index < -0.39 is 5.60 Å². The van der Waals surface area contributed by atoms with E-state index in [-0.39, 0.29) is 30.1 Å². The summed E-state index contributed by atoms with van der Waals surface area (Å²) in [6.45, 7) is 10.5. The van der Waals surface area contributed by atoms with Gasteiger partial charge in [-0.3, -0.25) is 4.99 Å². The summed E-state index contributed by atoms with van der Waals surface area (Å²) in [6, 6.07) is 3.85. The number of furan rings is 1. The smallest absolute Gasteiger partial charge is 0.407 e. The molecule has 0 atom stereocenters. The van der Waals surface area contributed by atoms with Gasteiger partial charge in [-0.25, -0.2) is 4.79 Å². The largest absolute Gasteiger partial charge is 0.469 e. The third kappa shape index (κ3) is 14.3. The van der Waals surface area contributed by atoms with Gasteiger partial charge in [0.2, 0.25) is 0 Å². The maximum Gasteiger partial charge on any atom is 0.407 e. The molecule has 1 rings (SSSR count). The van der Waals surface area contributed by atoms with Gasteiger partial charge in [-0.05, 0) is 45.7 Å². The zero-order valence-electron chi connectivity index (χ0n) is 17.0. The molecule has 1 aromatic rings. The molecule has 0 bridgehead atoms. The number of unbranched alkanes of at least 4 members (excludes halogenated alkanes) is 1. The van der Waals surface area contributed by atoms with E-state index in [1.54, 1.807) is 6.26 Å². The van der Waals surface area contributed by atoms with Gasteiger partial charge >= 0.3 is 6.09 Å². The van der Waals surface area contributed by atoms with Crippen LogP contribution in [0.25, 0.3) is 0 Å². The Morgan fingerprint density at radius 2 is 1.85 bits per heavy atom. The lowest BCUT2D eigenvalue weighted by atomic mass is 10.2. The number of hydrogen-bond donors (Lipinski definition) is 3. The number of hydrogen-bond acceptors (Lipinski definition) is 4. The summed E-state index contributed by atoms with van der Waals surface area (Å²) in [6.07, 6.45) is 5.08. The Hall–Kier alpha value is -1.45. The molecule has 156 valence electrons. The van der Waals surface area contributed by atoms with Crippen molar-refractivity contribution in [3.8, 4) is 0 Å². The lowest BCUT2D eigenvalue weighted by Crippen LogP contribution is -2.39.